The molecule has 238 valence electrons. The second-order valence-electron chi connectivity index (χ2n) is 15.8. The number of halogens is 2. The third kappa shape index (κ3) is 7.92. The summed E-state index contributed by atoms with van der Waals surface area (Å²) in [5.41, 5.74) is 1.39. The molecule has 0 aliphatic heterocycles. The molecular formula is C36H51F2O4P. The van der Waals surface area contributed by atoms with Crippen LogP contribution in [-0.2, 0) is 19.0 Å². The standard InChI is InChI=1S/C36H51F2O4P/c1-24(9-8-16-43(39,41-34(2,3)4)42-35(5,6)7)23-40-31-15-14-30(32(37)33(31)38)28-10-12-29(13-11-28)36-20-25-17-26(21-36)19-27(18-25)22-36/h10-15,24-27H,8-9,16-23H2,1-7H3/t24-,25?,26?,27?,36?/m1/s1. The fraction of sp³-hybridized carbons (Fsp3) is 0.667. The Balaban J connectivity index is 1.17. The first-order chi connectivity index (χ1) is 20.0. The molecule has 0 spiro atoms. The smallest absolute Gasteiger partial charge is 0.331 e. The number of rotatable bonds is 11. The molecule has 2 aromatic carbocycles. The van der Waals surface area contributed by atoms with Gasteiger partial charge in [-0.2, -0.15) is 4.39 Å². The van der Waals surface area contributed by atoms with E-state index in [-0.39, 0.29) is 35.4 Å². The van der Waals surface area contributed by atoms with E-state index in [0.29, 0.717) is 18.4 Å². The van der Waals surface area contributed by atoms with Gasteiger partial charge in [-0.05, 0) is 145 Å². The zero-order chi connectivity index (χ0) is 31.2. The Kier molecular flexibility index (Phi) is 9.27. The van der Waals surface area contributed by atoms with Crippen molar-refractivity contribution in [3.63, 3.8) is 0 Å². The van der Waals surface area contributed by atoms with Gasteiger partial charge >= 0.3 is 7.60 Å². The van der Waals surface area contributed by atoms with E-state index in [1.165, 1.54) is 50.2 Å². The molecular weight excluding hydrogens is 565 g/mol. The molecule has 4 fully saturated rings. The Labute approximate surface area is 257 Å². The number of ether oxygens (including phenoxy) is 1. The van der Waals surface area contributed by atoms with Crippen LogP contribution < -0.4 is 4.74 Å². The topological polar surface area (TPSA) is 44.8 Å². The lowest BCUT2D eigenvalue weighted by Gasteiger charge is -2.57. The van der Waals surface area contributed by atoms with Gasteiger partial charge in [-0.15, -0.1) is 0 Å². The van der Waals surface area contributed by atoms with Gasteiger partial charge in [0, 0.05) is 5.56 Å². The third-order valence-corrected chi connectivity index (χ3v) is 11.9. The van der Waals surface area contributed by atoms with Crippen LogP contribution in [0.4, 0.5) is 8.78 Å². The van der Waals surface area contributed by atoms with Gasteiger partial charge in [0.05, 0.1) is 24.0 Å². The normalized spacial score (nSPS) is 26.1. The van der Waals surface area contributed by atoms with Crippen molar-refractivity contribution in [3.8, 4) is 16.9 Å². The van der Waals surface area contributed by atoms with Crippen LogP contribution in [-0.4, -0.2) is 24.0 Å². The average molecular weight is 617 g/mol. The van der Waals surface area contributed by atoms with Crippen LogP contribution in [0.2, 0.25) is 0 Å². The van der Waals surface area contributed by atoms with E-state index < -0.39 is 30.4 Å². The lowest BCUT2D eigenvalue weighted by atomic mass is 9.48. The van der Waals surface area contributed by atoms with Crippen molar-refractivity contribution in [1.29, 1.82) is 0 Å². The first-order valence-corrected chi connectivity index (χ1v) is 18.0. The van der Waals surface area contributed by atoms with E-state index in [1.807, 2.05) is 60.6 Å². The molecule has 0 N–H and O–H groups in total. The maximum atomic E-state index is 15.3. The molecule has 7 heteroatoms. The summed E-state index contributed by atoms with van der Waals surface area (Å²) < 4.78 is 61.3. The summed E-state index contributed by atoms with van der Waals surface area (Å²) in [6.07, 6.45) is 9.60. The SMILES string of the molecule is C[C@H](CCCP(=O)(OC(C)(C)C)OC(C)(C)C)COc1ccc(-c2ccc(C34CC5CC(CC(C5)C3)C4)cc2)c(F)c1F. The monoisotopic (exact) mass is 616 g/mol. The minimum Gasteiger partial charge on any atom is -0.490 e. The minimum absolute atomic E-state index is 0.0389. The number of hydrogen-bond donors (Lipinski definition) is 0. The average Bonchev–Trinajstić information content (AvgIpc) is 2.86. The number of hydrogen-bond acceptors (Lipinski definition) is 4. The molecule has 2 aromatic rings. The highest BCUT2D eigenvalue weighted by Gasteiger charge is 2.51. The fourth-order valence-corrected chi connectivity index (χ4v) is 10.7. The Morgan fingerprint density at radius 2 is 1.37 bits per heavy atom. The molecule has 4 bridgehead atoms. The summed E-state index contributed by atoms with van der Waals surface area (Å²) in [4.78, 5) is 0. The van der Waals surface area contributed by atoms with Crippen LogP contribution in [0.1, 0.15) is 105 Å². The van der Waals surface area contributed by atoms with E-state index in [4.69, 9.17) is 13.8 Å². The molecule has 0 unspecified atom stereocenters. The Hall–Kier alpha value is -1.75. The second kappa shape index (κ2) is 12.2. The van der Waals surface area contributed by atoms with Crippen LogP contribution in [0.5, 0.6) is 5.75 Å². The molecule has 1 atom stereocenters. The molecule has 43 heavy (non-hydrogen) atoms. The largest absolute Gasteiger partial charge is 0.490 e. The Bertz CT molecular complexity index is 1270. The molecule has 4 aliphatic carbocycles. The van der Waals surface area contributed by atoms with Crippen molar-refractivity contribution in [2.45, 2.75) is 116 Å². The van der Waals surface area contributed by atoms with Gasteiger partial charge in [0.15, 0.2) is 11.6 Å². The first-order valence-electron chi connectivity index (χ1n) is 16.3. The molecule has 0 amide bonds. The van der Waals surface area contributed by atoms with E-state index in [9.17, 15) is 4.57 Å². The third-order valence-electron chi connectivity index (χ3n) is 9.37. The van der Waals surface area contributed by atoms with Crippen molar-refractivity contribution >= 4 is 7.60 Å². The van der Waals surface area contributed by atoms with Crippen LogP contribution in [0.3, 0.4) is 0 Å². The first kappa shape index (κ1) is 32.6. The van der Waals surface area contributed by atoms with Gasteiger partial charge in [0.2, 0.25) is 5.82 Å². The van der Waals surface area contributed by atoms with Gasteiger partial charge in [0.25, 0.3) is 0 Å². The maximum absolute atomic E-state index is 15.3. The van der Waals surface area contributed by atoms with E-state index in [1.54, 1.807) is 6.07 Å². The predicted octanol–water partition coefficient (Wildman–Crippen LogP) is 10.7. The zero-order valence-electron chi connectivity index (χ0n) is 27.2. The highest BCUT2D eigenvalue weighted by Crippen LogP contribution is 2.61. The minimum atomic E-state index is -3.31. The van der Waals surface area contributed by atoms with Gasteiger partial charge in [-0.25, -0.2) is 4.39 Å². The second-order valence-corrected chi connectivity index (χ2v) is 17.8. The van der Waals surface area contributed by atoms with Crippen molar-refractivity contribution in [3.05, 3.63) is 53.6 Å². The van der Waals surface area contributed by atoms with Crippen molar-refractivity contribution in [2.24, 2.45) is 23.7 Å². The summed E-state index contributed by atoms with van der Waals surface area (Å²) in [5.74, 6) is 0.690. The Morgan fingerprint density at radius 3 is 1.88 bits per heavy atom. The lowest BCUT2D eigenvalue weighted by molar-refractivity contribution is -0.00518. The number of benzene rings is 2. The lowest BCUT2D eigenvalue weighted by Crippen LogP contribution is -2.48. The Morgan fingerprint density at radius 1 is 0.837 bits per heavy atom. The van der Waals surface area contributed by atoms with Crippen molar-refractivity contribution in [2.75, 3.05) is 12.8 Å². The quantitative estimate of drug-likeness (QED) is 0.236. The van der Waals surface area contributed by atoms with Gasteiger partial charge in [-0.3, -0.25) is 4.57 Å². The predicted molar refractivity (Wildman–Crippen MR) is 170 cm³/mol. The maximum Gasteiger partial charge on any atom is 0.331 e. The van der Waals surface area contributed by atoms with Crippen LogP contribution >= 0.6 is 7.60 Å². The molecule has 6 rings (SSSR count). The van der Waals surface area contributed by atoms with Crippen molar-refractivity contribution in [1.82, 2.24) is 0 Å². The van der Waals surface area contributed by atoms with E-state index >= 15 is 8.78 Å². The van der Waals surface area contributed by atoms with Gasteiger partial charge in [0.1, 0.15) is 0 Å². The van der Waals surface area contributed by atoms with Gasteiger partial charge < -0.3 is 13.8 Å². The molecule has 0 saturated heterocycles. The molecule has 4 aliphatic rings. The van der Waals surface area contributed by atoms with E-state index in [0.717, 1.165) is 17.8 Å². The molecule has 0 heterocycles. The summed E-state index contributed by atoms with van der Waals surface area (Å²) in [6, 6.07) is 11.4. The van der Waals surface area contributed by atoms with Crippen LogP contribution in [0, 0.1) is 35.3 Å². The van der Waals surface area contributed by atoms with Crippen LogP contribution in [0.25, 0.3) is 11.1 Å². The highest BCUT2D eigenvalue weighted by atomic mass is 31.2. The molecule has 0 aromatic heterocycles. The molecule has 4 nitrogen and oxygen atoms in total. The highest BCUT2D eigenvalue weighted by molar-refractivity contribution is 7.53. The van der Waals surface area contributed by atoms with Crippen LogP contribution in [0.15, 0.2) is 36.4 Å². The fourth-order valence-electron chi connectivity index (χ4n) is 8.23. The van der Waals surface area contributed by atoms with Gasteiger partial charge in [-0.1, -0.05) is 31.2 Å². The zero-order valence-corrected chi connectivity index (χ0v) is 28.1. The summed E-state index contributed by atoms with van der Waals surface area (Å²) in [6.45, 7) is 13.4. The molecule has 0 radical (unpaired) electrons. The van der Waals surface area contributed by atoms with Crippen molar-refractivity contribution < 1.29 is 27.1 Å². The summed E-state index contributed by atoms with van der Waals surface area (Å²) >= 11 is 0. The summed E-state index contributed by atoms with van der Waals surface area (Å²) in [5, 5.41) is 0. The van der Waals surface area contributed by atoms with E-state index in [2.05, 4.69) is 12.1 Å². The summed E-state index contributed by atoms with van der Waals surface area (Å²) in [7, 11) is -3.31. The molecule has 4 saturated carbocycles.